The van der Waals surface area contributed by atoms with Gasteiger partial charge in [0.15, 0.2) is 11.9 Å². The Morgan fingerprint density at radius 3 is 2.50 bits per heavy atom. The van der Waals surface area contributed by atoms with Crippen molar-refractivity contribution in [3.8, 4) is 11.5 Å². The van der Waals surface area contributed by atoms with Crippen LogP contribution in [-0.4, -0.2) is 55.2 Å². The Kier molecular flexibility index (Phi) is 6.86. The van der Waals surface area contributed by atoms with Crippen LogP contribution in [0.25, 0.3) is 11.5 Å². The van der Waals surface area contributed by atoms with Gasteiger partial charge < -0.3 is 19.4 Å². The number of nitrogens with one attached hydrogen (secondary N) is 1. The summed E-state index contributed by atoms with van der Waals surface area (Å²) in [7, 11) is 3.70. The van der Waals surface area contributed by atoms with Gasteiger partial charge in [-0.2, -0.15) is 0 Å². The minimum Gasteiger partial charge on any atom is -0.403 e. The van der Waals surface area contributed by atoms with E-state index in [1.165, 1.54) is 0 Å². The number of aromatic nitrogens is 2. The summed E-state index contributed by atoms with van der Waals surface area (Å²) in [6, 6.07) is 25.7. The van der Waals surface area contributed by atoms with Crippen molar-refractivity contribution in [2.75, 3.05) is 37.5 Å². The Morgan fingerprint density at radius 1 is 0.972 bits per heavy atom. The molecule has 8 nitrogen and oxygen atoms in total. The van der Waals surface area contributed by atoms with E-state index < -0.39 is 6.17 Å². The van der Waals surface area contributed by atoms with E-state index >= 15 is 0 Å². The molecule has 0 fully saturated rings. The number of methoxy groups -OCH3 is 1. The third-order valence-electron chi connectivity index (χ3n) is 6.12. The van der Waals surface area contributed by atoms with E-state index in [1.807, 2.05) is 85.9 Å². The molecule has 3 aromatic carbocycles. The molecule has 0 bridgehead atoms. The molecule has 1 aromatic heterocycles. The first-order chi connectivity index (χ1) is 17.6. The molecule has 1 aliphatic rings. The van der Waals surface area contributed by atoms with E-state index in [0.717, 1.165) is 40.2 Å². The molecule has 1 N–H and O–H groups in total. The Labute approximate surface area is 209 Å². The van der Waals surface area contributed by atoms with E-state index in [9.17, 15) is 4.79 Å². The number of hydrogen-bond donors (Lipinski definition) is 1. The molecule has 0 saturated carbocycles. The minimum atomic E-state index is -0.849. The quantitative estimate of drug-likeness (QED) is 0.403. The van der Waals surface area contributed by atoms with E-state index in [-0.39, 0.29) is 18.2 Å². The molecule has 8 heteroatoms. The van der Waals surface area contributed by atoms with Crippen LogP contribution in [0.5, 0.6) is 0 Å². The topological polar surface area (TPSA) is 92.9 Å². The zero-order valence-electron chi connectivity index (χ0n) is 20.2. The Morgan fingerprint density at radius 2 is 1.72 bits per heavy atom. The first-order valence-electron chi connectivity index (χ1n) is 11.8. The fourth-order valence-electron chi connectivity index (χ4n) is 4.13. The molecule has 1 aliphatic heterocycles. The van der Waals surface area contributed by atoms with Crippen molar-refractivity contribution < 1.29 is 13.9 Å². The van der Waals surface area contributed by atoms with Crippen molar-refractivity contribution in [3.05, 3.63) is 95.6 Å². The Balaban J connectivity index is 1.38. The van der Waals surface area contributed by atoms with Gasteiger partial charge in [-0.15, -0.1) is 5.10 Å². The number of carbonyl (C=O) groups excluding carboxylic acids is 1. The van der Waals surface area contributed by atoms with Crippen molar-refractivity contribution in [2.24, 2.45) is 4.99 Å². The predicted molar refractivity (Wildman–Crippen MR) is 140 cm³/mol. The number of Topliss-reactive ketones (excluding diaryl/α,β-unsaturated/α-hetero) is 1. The summed E-state index contributed by atoms with van der Waals surface area (Å²) in [5.74, 6) is 0.289. The first-order valence-corrected chi connectivity index (χ1v) is 11.8. The maximum absolute atomic E-state index is 13.1. The van der Waals surface area contributed by atoms with Gasteiger partial charge in [0.2, 0.25) is 5.89 Å². The Bertz CT molecular complexity index is 1370. The van der Waals surface area contributed by atoms with Crippen molar-refractivity contribution in [2.45, 2.75) is 12.6 Å². The van der Waals surface area contributed by atoms with Crippen LogP contribution in [0.1, 0.15) is 16.7 Å². The van der Waals surface area contributed by atoms with Gasteiger partial charge in [-0.3, -0.25) is 9.79 Å². The van der Waals surface area contributed by atoms with Crippen LogP contribution in [0.15, 0.2) is 88.3 Å². The fraction of sp³-hybridized carbons (Fsp3) is 0.214. The third-order valence-corrected chi connectivity index (χ3v) is 6.12. The molecule has 2 heterocycles. The largest absolute Gasteiger partial charge is 0.403 e. The molecule has 1 unspecified atom stereocenters. The van der Waals surface area contributed by atoms with Crippen LogP contribution >= 0.6 is 0 Å². The van der Waals surface area contributed by atoms with E-state index in [4.69, 9.17) is 14.1 Å². The van der Waals surface area contributed by atoms with Crippen LogP contribution in [0.2, 0.25) is 0 Å². The van der Waals surface area contributed by atoms with Gasteiger partial charge >= 0.3 is 6.01 Å². The fourth-order valence-corrected chi connectivity index (χ4v) is 4.13. The molecule has 0 radical (unpaired) electrons. The van der Waals surface area contributed by atoms with E-state index in [2.05, 4.69) is 20.4 Å². The molecule has 0 spiro atoms. The van der Waals surface area contributed by atoms with Crippen molar-refractivity contribution >= 4 is 23.2 Å². The minimum absolute atomic E-state index is 0.0726. The molecule has 182 valence electrons. The number of ketones is 1. The van der Waals surface area contributed by atoms with Crippen molar-refractivity contribution in [1.29, 1.82) is 0 Å². The van der Waals surface area contributed by atoms with Crippen LogP contribution in [-0.2, 0) is 16.0 Å². The summed E-state index contributed by atoms with van der Waals surface area (Å²) in [5.41, 5.74) is 5.42. The van der Waals surface area contributed by atoms with Gasteiger partial charge in [0, 0.05) is 49.5 Å². The number of hydrogen-bond acceptors (Lipinski definition) is 8. The van der Waals surface area contributed by atoms with E-state index in [0.29, 0.717) is 12.5 Å². The van der Waals surface area contributed by atoms with E-state index in [1.54, 1.807) is 7.11 Å². The summed E-state index contributed by atoms with van der Waals surface area (Å²) in [6.45, 7) is 1.44. The number of aliphatic imine (C=N–C) groups is 1. The summed E-state index contributed by atoms with van der Waals surface area (Å²) in [5, 5.41) is 11.3. The molecular formula is C28H27N5O3. The third kappa shape index (κ3) is 5.04. The number of nitrogens with zero attached hydrogens (tertiary/aromatic N) is 4. The van der Waals surface area contributed by atoms with Gasteiger partial charge in [-0.1, -0.05) is 59.7 Å². The second-order valence-corrected chi connectivity index (χ2v) is 8.56. The van der Waals surface area contributed by atoms with Crippen LogP contribution in [0, 0.1) is 0 Å². The Hall–Kier alpha value is -4.30. The van der Waals surface area contributed by atoms with Gasteiger partial charge in [0.05, 0.1) is 12.3 Å². The highest BCUT2D eigenvalue weighted by Crippen LogP contribution is 2.25. The first kappa shape index (κ1) is 23.4. The highest BCUT2D eigenvalue weighted by atomic mass is 16.5. The summed E-state index contributed by atoms with van der Waals surface area (Å²) in [6.07, 6.45) is -0.593. The van der Waals surface area contributed by atoms with Crippen LogP contribution in [0.4, 0.5) is 11.7 Å². The maximum atomic E-state index is 13.1. The van der Waals surface area contributed by atoms with Crippen LogP contribution < -0.4 is 10.2 Å². The highest BCUT2D eigenvalue weighted by Gasteiger charge is 2.27. The second kappa shape index (κ2) is 10.5. The molecule has 0 amide bonds. The number of fused-ring (bicyclic) bond motifs is 1. The molecular weight excluding hydrogens is 454 g/mol. The number of carbonyl (C=O) groups is 1. The lowest BCUT2D eigenvalue weighted by Crippen LogP contribution is -2.29. The van der Waals surface area contributed by atoms with Gasteiger partial charge in [0.1, 0.15) is 0 Å². The number of rotatable bonds is 8. The molecule has 5 rings (SSSR count). The highest BCUT2D eigenvalue weighted by molar-refractivity contribution is 6.16. The lowest BCUT2D eigenvalue weighted by atomic mass is 9.96. The zero-order valence-corrected chi connectivity index (χ0v) is 20.2. The molecule has 0 aliphatic carbocycles. The van der Waals surface area contributed by atoms with Gasteiger partial charge in [-0.05, 0) is 29.8 Å². The maximum Gasteiger partial charge on any atom is 0.317 e. The second-order valence-electron chi connectivity index (χ2n) is 8.56. The van der Waals surface area contributed by atoms with Crippen molar-refractivity contribution in [3.63, 3.8) is 0 Å². The average Bonchev–Trinajstić information content (AvgIpc) is 3.34. The number of benzene rings is 3. The summed E-state index contributed by atoms with van der Waals surface area (Å²) in [4.78, 5) is 20.1. The predicted octanol–water partition coefficient (Wildman–Crippen LogP) is 4.22. The SMILES string of the molecule is COCCN(C)c1ccc(-c2nnc(NC3N=C(c4ccccc4)c4ccccc4CC3=O)o2)cc1. The summed E-state index contributed by atoms with van der Waals surface area (Å²) < 4.78 is 11.0. The summed E-state index contributed by atoms with van der Waals surface area (Å²) >= 11 is 0. The molecule has 4 aromatic rings. The molecule has 0 saturated heterocycles. The van der Waals surface area contributed by atoms with Gasteiger partial charge in [0.25, 0.3) is 0 Å². The van der Waals surface area contributed by atoms with Crippen molar-refractivity contribution in [1.82, 2.24) is 10.2 Å². The standard InChI is InChI=1S/C28H27N5O3/c1-33(16-17-35-2)22-14-12-20(13-15-22)27-31-32-28(36-27)30-26-24(34)18-21-10-6-7-11-23(21)25(29-26)19-8-4-3-5-9-19/h3-15,26H,16-18H2,1-2H3,(H,30,32). The molecule has 36 heavy (non-hydrogen) atoms. The normalized spacial score (nSPS) is 15.1. The lowest BCUT2D eigenvalue weighted by molar-refractivity contribution is -0.119. The number of anilines is 2. The number of likely N-dealkylation sites (N-methyl/N-ethyl adjacent to an activating group) is 1. The zero-order chi connectivity index (χ0) is 24.9. The molecule has 1 atom stereocenters. The lowest BCUT2D eigenvalue weighted by Gasteiger charge is -2.18. The van der Waals surface area contributed by atoms with Crippen LogP contribution in [0.3, 0.4) is 0 Å². The average molecular weight is 482 g/mol. The number of ether oxygens (including phenoxy) is 1. The van der Waals surface area contributed by atoms with Gasteiger partial charge in [-0.25, -0.2) is 0 Å². The monoisotopic (exact) mass is 481 g/mol. The smallest absolute Gasteiger partial charge is 0.317 e.